The molecule has 7 unspecified atom stereocenters. The second-order valence-electron chi connectivity index (χ2n) is 18.1. The first-order valence-electron chi connectivity index (χ1n) is 21.1. The Morgan fingerprint density at radius 3 is 2.35 bits per heavy atom. The van der Waals surface area contributed by atoms with Crippen LogP contribution in [0.25, 0.3) is 6.08 Å². The standard InChI is InChI=1S/C47H54N4O11/c1-45(2,3)59-37(54)20-18-34(27-52)49-42(55)31-12-8-9-30(21-31)25-48-44(57)47-24-35-38-39(61-46(60-38)22-32-10-6-7-11-33(32)23-46)41(47)62-51(40(47)43(56)58-35)26-29-15-13-28(14-16-29)17-19-36(53)50(4)5/h6-17,19,21,34-35,38-41,52H,18,20,22-27H2,1-5H3,(H,48,57)(H,49,55). The zero-order valence-corrected chi connectivity index (χ0v) is 35.6. The summed E-state index contributed by atoms with van der Waals surface area (Å²) < 4.78 is 25.1. The lowest BCUT2D eigenvalue weighted by molar-refractivity contribution is -0.217. The number of carbonyl (C=O) groups excluding carboxylic acids is 5. The van der Waals surface area contributed by atoms with Gasteiger partial charge in [0.25, 0.3) is 5.91 Å². The second kappa shape index (κ2) is 17.0. The van der Waals surface area contributed by atoms with E-state index in [-0.39, 0.29) is 44.9 Å². The van der Waals surface area contributed by atoms with Gasteiger partial charge in [0.15, 0.2) is 11.8 Å². The van der Waals surface area contributed by atoms with Crippen molar-refractivity contribution in [2.24, 2.45) is 5.41 Å². The molecule has 3 aromatic rings. The smallest absolute Gasteiger partial charge is 0.327 e. The minimum absolute atomic E-state index is 0.0197. The van der Waals surface area contributed by atoms with Crippen molar-refractivity contribution in [3.05, 3.63) is 112 Å². The predicted octanol–water partition coefficient (Wildman–Crippen LogP) is 3.40. The van der Waals surface area contributed by atoms with Crippen LogP contribution in [0.2, 0.25) is 0 Å². The molecule has 62 heavy (non-hydrogen) atoms. The molecule has 0 radical (unpaired) electrons. The molecule has 0 aromatic heterocycles. The van der Waals surface area contributed by atoms with Crippen LogP contribution < -0.4 is 10.6 Å². The SMILES string of the molecule is CN(C)C(=O)C=Cc1ccc(CN2OC3C4OC5(Cc6ccccc6C5)OC4C4CC3(C(=O)NCc3cccc(C(=O)NC(CO)CCC(=O)OC(C)(C)C)c3)C2C(=O)O4)cc1. The zero-order valence-electron chi connectivity index (χ0n) is 35.6. The fraction of sp³-hybridized carbons (Fsp3) is 0.468. The average molecular weight is 851 g/mol. The highest BCUT2D eigenvalue weighted by Crippen LogP contribution is 2.58. The number of hydrogen-bond acceptors (Lipinski definition) is 12. The number of nitrogens with one attached hydrogen (secondary N) is 2. The molecular weight excluding hydrogens is 797 g/mol. The highest BCUT2D eigenvalue weighted by molar-refractivity contribution is 5.95. The Balaban J connectivity index is 1.01. The van der Waals surface area contributed by atoms with E-state index in [1.165, 1.54) is 16.0 Å². The Morgan fingerprint density at radius 2 is 1.68 bits per heavy atom. The third-order valence-electron chi connectivity index (χ3n) is 12.2. The predicted molar refractivity (Wildman–Crippen MR) is 223 cm³/mol. The van der Waals surface area contributed by atoms with Crippen LogP contribution in [0.1, 0.15) is 78.2 Å². The van der Waals surface area contributed by atoms with Crippen LogP contribution in [0.3, 0.4) is 0 Å². The third kappa shape index (κ3) is 8.64. The highest BCUT2D eigenvalue weighted by atomic mass is 16.8. The lowest BCUT2D eigenvalue weighted by atomic mass is 9.62. The van der Waals surface area contributed by atoms with Gasteiger partial charge in [0.1, 0.15) is 35.4 Å². The van der Waals surface area contributed by atoms with Gasteiger partial charge in [-0.3, -0.25) is 28.8 Å². The maximum Gasteiger partial charge on any atom is 0.327 e. The van der Waals surface area contributed by atoms with E-state index in [1.54, 1.807) is 65.2 Å². The van der Waals surface area contributed by atoms with Crippen LogP contribution >= 0.6 is 0 Å². The Hall–Kier alpha value is -5.45. The van der Waals surface area contributed by atoms with E-state index in [9.17, 15) is 29.1 Å². The van der Waals surface area contributed by atoms with E-state index < -0.39 is 77.1 Å². The Labute approximate surface area is 360 Å². The Bertz CT molecular complexity index is 2230. The van der Waals surface area contributed by atoms with Gasteiger partial charge < -0.3 is 39.6 Å². The van der Waals surface area contributed by atoms with Gasteiger partial charge in [-0.1, -0.05) is 60.7 Å². The normalized spacial score (nSPS) is 26.1. The minimum atomic E-state index is -1.42. The van der Waals surface area contributed by atoms with Gasteiger partial charge in [-0.2, -0.15) is 5.06 Å². The Kier molecular flexibility index (Phi) is 11.9. The van der Waals surface area contributed by atoms with Gasteiger partial charge in [-0.25, -0.2) is 0 Å². The van der Waals surface area contributed by atoms with Crippen molar-refractivity contribution < 1.29 is 52.9 Å². The molecule has 7 atom stereocenters. The number of nitrogens with zero attached hydrogens (tertiary/aromatic N) is 2. The van der Waals surface area contributed by atoms with Crippen LogP contribution in [0.4, 0.5) is 0 Å². The first-order chi connectivity index (χ1) is 29.6. The quantitative estimate of drug-likeness (QED) is 0.169. The highest BCUT2D eigenvalue weighted by Gasteiger charge is 2.76. The summed E-state index contributed by atoms with van der Waals surface area (Å²) in [6.45, 7) is 5.11. The number of hydrogen-bond donors (Lipinski definition) is 3. The molecule has 3 amide bonds. The molecule has 3 saturated heterocycles. The minimum Gasteiger partial charge on any atom is -0.460 e. The van der Waals surface area contributed by atoms with E-state index in [0.29, 0.717) is 24.0 Å². The van der Waals surface area contributed by atoms with E-state index in [1.807, 2.05) is 48.5 Å². The molecule has 4 fully saturated rings. The summed E-state index contributed by atoms with van der Waals surface area (Å²) >= 11 is 0. The van der Waals surface area contributed by atoms with Gasteiger partial charge in [-0.15, -0.1) is 0 Å². The lowest BCUT2D eigenvalue weighted by Gasteiger charge is -2.48. The largest absolute Gasteiger partial charge is 0.460 e. The second-order valence-corrected chi connectivity index (χ2v) is 18.1. The molecule has 2 aliphatic carbocycles. The van der Waals surface area contributed by atoms with Crippen molar-refractivity contribution in [1.82, 2.24) is 20.6 Å². The van der Waals surface area contributed by atoms with E-state index in [0.717, 1.165) is 22.3 Å². The van der Waals surface area contributed by atoms with Crippen LogP contribution in [0.15, 0.2) is 78.9 Å². The van der Waals surface area contributed by atoms with Gasteiger partial charge in [0, 0.05) is 58.0 Å². The van der Waals surface area contributed by atoms with Crippen LogP contribution in [0.5, 0.6) is 0 Å². The summed E-state index contributed by atoms with van der Waals surface area (Å²) in [5.74, 6) is -3.04. The van der Waals surface area contributed by atoms with Crippen molar-refractivity contribution in [3.63, 3.8) is 0 Å². The number of carbonyl (C=O) groups is 5. The van der Waals surface area contributed by atoms with E-state index >= 15 is 0 Å². The van der Waals surface area contributed by atoms with Crippen molar-refractivity contribution in [2.75, 3.05) is 20.7 Å². The number of esters is 2. The molecule has 2 bridgehead atoms. The van der Waals surface area contributed by atoms with Crippen LogP contribution in [-0.2, 0) is 68.9 Å². The number of aliphatic hydroxyl groups excluding tert-OH is 1. The van der Waals surface area contributed by atoms with Crippen molar-refractivity contribution in [2.45, 2.75) is 114 Å². The maximum absolute atomic E-state index is 14.9. The third-order valence-corrected chi connectivity index (χ3v) is 12.2. The molecule has 3 N–H and O–H groups in total. The fourth-order valence-corrected chi connectivity index (χ4v) is 9.32. The van der Waals surface area contributed by atoms with Crippen molar-refractivity contribution >= 4 is 35.7 Å². The van der Waals surface area contributed by atoms with E-state index in [4.69, 9.17) is 23.8 Å². The molecule has 3 aliphatic heterocycles. The number of likely N-dealkylation sites (N-methyl/N-ethyl adjacent to an activating group) is 1. The molecule has 15 heteroatoms. The number of aliphatic hydroxyl groups is 1. The summed E-state index contributed by atoms with van der Waals surface area (Å²) in [5.41, 5.74) is 2.68. The average Bonchev–Trinajstić information content (AvgIpc) is 3.91. The summed E-state index contributed by atoms with van der Waals surface area (Å²) in [7, 11) is 3.36. The summed E-state index contributed by atoms with van der Waals surface area (Å²) in [6.07, 6.45) is 1.49. The molecular formula is C47H54N4O11. The van der Waals surface area contributed by atoms with Crippen LogP contribution in [-0.4, -0.2) is 113 Å². The molecule has 3 aromatic carbocycles. The van der Waals surface area contributed by atoms with Crippen LogP contribution in [0, 0.1) is 5.41 Å². The van der Waals surface area contributed by atoms with E-state index in [2.05, 4.69) is 10.6 Å². The summed E-state index contributed by atoms with van der Waals surface area (Å²) in [4.78, 5) is 75.0. The zero-order chi connectivity index (χ0) is 44.0. The van der Waals surface area contributed by atoms with Gasteiger partial charge in [-0.05, 0) is 73.2 Å². The number of hydroxylamine groups is 2. The molecule has 15 nitrogen and oxygen atoms in total. The molecule has 1 spiro atoms. The van der Waals surface area contributed by atoms with Gasteiger partial charge in [0.2, 0.25) is 11.8 Å². The topological polar surface area (TPSA) is 182 Å². The molecule has 8 rings (SSSR count). The lowest BCUT2D eigenvalue weighted by Crippen LogP contribution is -2.69. The molecule has 328 valence electrons. The molecule has 3 heterocycles. The number of amides is 3. The number of rotatable bonds is 13. The summed E-state index contributed by atoms with van der Waals surface area (Å²) in [6, 6.07) is 20.5. The molecule has 1 saturated carbocycles. The maximum atomic E-state index is 14.9. The first-order valence-corrected chi connectivity index (χ1v) is 21.1. The van der Waals surface area contributed by atoms with Crippen molar-refractivity contribution in [1.29, 1.82) is 0 Å². The fourth-order valence-electron chi connectivity index (χ4n) is 9.32. The Morgan fingerprint density at radius 1 is 0.968 bits per heavy atom. The molecule has 5 aliphatic rings. The van der Waals surface area contributed by atoms with Gasteiger partial charge >= 0.3 is 11.9 Å². The monoisotopic (exact) mass is 850 g/mol. The number of benzene rings is 3. The number of ether oxygens (including phenoxy) is 4. The summed E-state index contributed by atoms with van der Waals surface area (Å²) in [5, 5.41) is 17.4. The van der Waals surface area contributed by atoms with Crippen molar-refractivity contribution in [3.8, 4) is 0 Å². The van der Waals surface area contributed by atoms with Gasteiger partial charge in [0.05, 0.1) is 19.2 Å². The first kappa shape index (κ1) is 43.2. The number of fused-ring (bicyclic) bond motifs is 5.